The molecule has 0 bridgehead atoms. The number of likely N-dealkylation sites (tertiary alicyclic amines) is 1. The number of carbonyl (C=O) groups excluding carboxylic acids is 2. The first-order valence-corrected chi connectivity index (χ1v) is 9.04. The molecule has 0 atom stereocenters. The molecule has 128 valence electrons. The summed E-state index contributed by atoms with van der Waals surface area (Å²) in [5, 5.41) is 10.7. The van der Waals surface area contributed by atoms with E-state index < -0.39 is 0 Å². The summed E-state index contributed by atoms with van der Waals surface area (Å²) < 4.78 is 5.39. The Hall–Kier alpha value is -2.65. The van der Waals surface area contributed by atoms with Crippen LogP contribution < -0.4 is 0 Å². The first kappa shape index (κ1) is 17.2. The molecule has 1 aromatic heterocycles. The van der Waals surface area contributed by atoms with E-state index in [4.69, 9.17) is 10.00 Å². The van der Waals surface area contributed by atoms with Gasteiger partial charge in [0, 0.05) is 13.1 Å². The van der Waals surface area contributed by atoms with Crippen molar-refractivity contribution in [1.29, 1.82) is 5.26 Å². The quantitative estimate of drug-likeness (QED) is 0.791. The molecule has 1 aliphatic heterocycles. The van der Waals surface area contributed by atoms with Gasteiger partial charge in [-0.05, 0) is 42.0 Å². The van der Waals surface area contributed by atoms with Gasteiger partial charge in [0.05, 0.1) is 22.4 Å². The fourth-order valence-corrected chi connectivity index (χ4v) is 3.51. The Morgan fingerprint density at radius 3 is 2.52 bits per heavy atom. The van der Waals surface area contributed by atoms with Crippen LogP contribution in [0.15, 0.2) is 41.8 Å². The number of nitrogens with zero attached hydrogens (tertiary/aromatic N) is 2. The third-order valence-corrected chi connectivity index (χ3v) is 5.17. The van der Waals surface area contributed by atoms with Gasteiger partial charge >= 0.3 is 5.97 Å². The SMILES string of the molecule is N#Cc1ccc(COC(=O)C2CCN(C(=O)c3cccs3)CC2)cc1. The second-order valence-electron chi connectivity index (χ2n) is 5.96. The van der Waals surface area contributed by atoms with Gasteiger partial charge in [0.15, 0.2) is 0 Å². The summed E-state index contributed by atoms with van der Waals surface area (Å²) in [6, 6.07) is 12.7. The van der Waals surface area contributed by atoms with E-state index in [-0.39, 0.29) is 24.4 Å². The summed E-state index contributed by atoms with van der Waals surface area (Å²) in [4.78, 5) is 27.1. The molecule has 1 saturated heterocycles. The Morgan fingerprint density at radius 1 is 1.20 bits per heavy atom. The normalized spacial score (nSPS) is 14.8. The first-order valence-electron chi connectivity index (χ1n) is 8.16. The molecule has 0 N–H and O–H groups in total. The van der Waals surface area contributed by atoms with Crippen LogP contribution in [-0.2, 0) is 16.1 Å². The minimum Gasteiger partial charge on any atom is -0.461 e. The smallest absolute Gasteiger partial charge is 0.309 e. The molecular formula is C19H18N2O3S. The predicted octanol–water partition coefficient (Wildman–Crippen LogP) is 3.22. The second-order valence-corrected chi connectivity index (χ2v) is 6.91. The fraction of sp³-hybridized carbons (Fsp3) is 0.316. The van der Waals surface area contributed by atoms with Crippen LogP contribution in [-0.4, -0.2) is 29.9 Å². The number of ether oxygens (including phenoxy) is 1. The zero-order valence-electron chi connectivity index (χ0n) is 13.7. The lowest BCUT2D eigenvalue weighted by Crippen LogP contribution is -2.40. The minimum atomic E-state index is -0.215. The highest BCUT2D eigenvalue weighted by atomic mass is 32.1. The van der Waals surface area contributed by atoms with E-state index >= 15 is 0 Å². The van der Waals surface area contributed by atoms with Gasteiger partial charge in [-0.3, -0.25) is 9.59 Å². The summed E-state index contributed by atoms with van der Waals surface area (Å²) in [6.07, 6.45) is 1.26. The van der Waals surface area contributed by atoms with Gasteiger partial charge < -0.3 is 9.64 Å². The van der Waals surface area contributed by atoms with E-state index in [1.54, 1.807) is 29.2 Å². The van der Waals surface area contributed by atoms with E-state index in [1.165, 1.54) is 11.3 Å². The molecule has 1 amide bonds. The molecular weight excluding hydrogens is 336 g/mol. The molecule has 0 spiro atoms. The number of hydrogen-bond donors (Lipinski definition) is 0. The second kappa shape index (κ2) is 7.95. The Bertz CT molecular complexity index is 770. The number of esters is 1. The molecule has 2 heterocycles. The molecule has 25 heavy (non-hydrogen) atoms. The van der Waals surface area contributed by atoms with Crippen molar-refractivity contribution < 1.29 is 14.3 Å². The van der Waals surface area contributed by atoms with Gasteiger partial charge in [-0.25, -0.2) is 0 Å². The van der Waals surface area contributed by atoms with Crippen molar-refractivity contribution in [3.8, 4) is 6.07 Å². The molecule has 1 fully saturated rings. The number of amides is 1. The number of nitriles is 1. The topological polar surface area (TPSA) is 70.4 Å². The lowest BCUT2D eigenvalue weighted by atomic mass is 9.97. The van der Waals surface area contributed by atoms with E-state index in [1.807, 2.05) is 17.5 Å². The molecule has 3 rings (SSSR count). The molecule has 5 nitrogen and oxygen atoms in total. The third kappa shape index (κ3) is 4.25. The standard InChI is InChI=1S/C19H18N2O3S/c20-12-14-3-5-15(6-4-14)13-24-19(23)16-7-9-21(10-8-16)18(22)17-2-1-11-25-17/h1-6,11,16H,7-10,13H2. The highest BCUT2D eigenvalue weighted by Gasteiger charge is 2.29. The molecule has 6 heteroatoms. The van der Waals surface area contributed by atoms with Crippen LogP contribution >= 0.6 is 11.3 Å². The maximum absolute atomic E-state index is 12.3. The van der Waals surface area contributed by atoms with Crippen molar-refractivity contribution in [2.24, 2.45) is 5.92 Å². The highest BCUT2D eigenvalue weighted by Crippen LogP contribution is 2.22. The van der Waals surface area contributed by atoms with E-state index in [2.05, 4.69) is 6.07 Å². The van der Waals surface area contributed by atoms with Gasteiger partial charge in [-0.1, -0.05) is 18.2 Å². The van der Waals surface area contributed by atoms with Crippen LogP contribution in [0, 0.1) is 17.2 Å². The minimum absolute atomic E-state index is 0.0411. The molecule has 0 radical (unpaired) electrons. The highest BCUT2D eigenvalue weighted by molar-refractivity contribution is 7.12. The lowest BCUT2D eigenvalue weighted by Gasteiger charge is -2.30. The average Bonchev–Trinajstić information content (AvgIpc) is 3.21. The van der Waals surface area contributed by atoms with Crippen molar-refractivity contribution in [1.82, 2.24) is 4.90 Å². The van der Waals surface area contributed by atoms with Gasteiger partial charge in [-0.15, -0.1) is 11.3 Å². The number of thiophene rings is 1. The zero-order valence-corrected chi connectivity index (χ0v) is 14.5. The Labute approximate surface area is 150 Å². The fourth-order valence-electron chi connectivity index (χ4n) is 2.82. The maximum atomic E-state index is 12.3. The molecule has 1 aliphatic rings. The zero-order chi connectivity index (χ0) is 17.6. The van der Waals surface area contributed by atoms with Crippen molar-refractivity contribution in [2.45, 2.75) is 19.4 Å². The van der Waals surface area contributed by atoms with Crippen LogP contribution in [0.5, 0.6) is 0 Å². The van der Waals surface area contributed by atoms with Gasteiger partial charge in [-0.2, -0.15) is 5.26 Å². The van der Waals surface area contributed by atoms with Crippen LogP contribution in [0.25, 0.3) is 0 Å². The molecule has 1 aromatic carbocycles. The molecule has 2 aromatic rings. The van der Waals surface area contributed by atoms with Crippen molar-refractivity contribution >= 4 is 23.2 Å². The summed E-state index contributed by atoms with van der Waals surface area (Å²) in [7, 11) is 0. The third-order valence-electron chi connectivity index (χ3n) is 4.31. The molecule has 0 aliphatic carbocycles. The van der Waals surface area contributed by atoms with E-state index in [0.29, 0.717) is 31.5 Å². The van der Waals surface area contributed by atoms with Crippen molar-refractivity contribution in [3.05, 3.63) is 57.8 Å². The van der Waals surface area contributed by atoms with E-state index in [0.717, 1.165) is 10.4 Å². The van der Waals surface area contributed by atoms with Crippen molar-refractivity contribution in [3.63, 3.8) is 0 Å². The summed E-state index contributed by atoms with van der Waals surface area (Å²) in [6.45, 7) is 1.36. The summed E-state index contributed by atoms with van der Waals surface area (Å²) in [5.74, 6) is -0.335. The molecule has 0 unspecified atom stereocenters. The maximum Gasteiger partial charge on any atom is 0.309 e. The monoisotopic (exact) mass is 354 g/mol. The number of hydrogen-bond acceptors (Lipinski definition) is 5. The van der Waals surface area contributed by atoms with E-state index in [9.17, 15) is 9.59 Å². The van der Waals surface area contributed by atoms with Crippen LogP contribution in [0.3, 0.4) is 0 Å². The number of benzene rings is 1. The Morgan fingerprint density at radius 2 is 1.92 bits per heavy atom. The lowest BCUT2D eigenvalue weighted by molar-refractivity contribution is -0.151. The van der Waals surface area contributed by atoms with Gasteiger partial charge in [0.2, 0.25) is 0 Å². The Balaban J connectivity index is 1.46. The summed E-state index contributed by atoms with van der Waals surface area (Å²) in [5.41, 5.74) is 1.44. The first-order chi connectivity index (χ1) is 12.2. The Kier molecular flexibility index (Phi) is 5.46. The van der Waals surface area contributed by atoms with Crippen LogP contribution in [0.2, 0.25) is 0 Å². The largest absolute Gasteiger partial charge is 0.461 e. The molecule has 0 saturated carbocycles. The number of rotatable bonds is 4. The number of piperidine rings is 1. The van der Waals surface area contributed by atoms with Crippen molar-refractivity contribution in [2.75, 3.05) is 13.1 Å². The van der Waals surface area contributed by atoms with Gasteiger partial charge in [0.25, 0.3) is 5.91 Å². The van der Waals surface area contributed by atoms with Crippen LogP contribution in [0.1, 0.15) is 33.6 Å². The van der Waals surface area contributed by atoms with Gasteiger partial charge in [0.1, 0.15) is 6.61 Å². The summed E-state index contributed by atoms with van der Waals surface area (Å²) >= 11 is 1.44. The average molecular weight is 354 g/mol. The predicted molar refractivity (Wildman–Crippen MR) is 93.9 cm³/mol. The van der Waals surface area contributed by atoms with Crippen LogP contribution in [0.4, 0.5) is 0 Å². The number of carbonyl (C=O) groups is 2.